The van der Waals surface area contributed by atoms with Crippen molar-refractivity contribution < 1.29 is 31.7 Å². The van der Waals surface area contributed by atoms with Gasteiger partial charge in [-0.3, -0.25) is 9.59 Å². The number of amides is 2. The van der Waals surface area contributed by atoms with Gasteiger partial charge in [-0.1, -0.05) is 5.16 Å². The van der Waals surface area contributed by atoms with Crippen molar-refractivity contribution in [3.05, 3.63) is 52.3 Å². The topological polar surface area (TPSA) is 91.2 Å². The molecule has 31 heavy (non-hydrogen) atoms. The summed E-state index contributed by atoms with van der Waals surface area (Å²) in [7, 11) is 0. The first-order valence-electron chi connectivity index (χ1n) is 9.47. The van der Waals surface area contributed by atoms with Gasteiger partial charge in [-0.2, -0.15) is 13.2 Å². The number of nitrogens with zero attached hydrogens (tertiary/aromatic N) is 2. The van der Waals surface area contributed by atoms with Crippen LogP contribution < -0.4 is 5.32 Å². The van der Waals surface area contributed by atoms with E-state index in [-0.39, 0.29) is 36.5 Å². The van der Waals surface area contributed by atoms with E-state index in [0.29, 0.717) is 22.2 Å². The molecule has 2 N–H and O–H groups in total. The van der Waals surface area contributed by atoms with Gasteiger partial charge in [0.1, 0.15) is 23.3 Å². The third-order valence-electron chi connectivity index (χ3n) is 5.31. The Balaban J connectivity index is 1.56. The largest absolute Gasteiger partial charge is 0.408 e. The Morgan fingerprint density at radius 3 is 2.74 bits per heavy atom. The molecule has 3 aromatic rings. The average Bonchev–Trinajstić information content (AvgIpc) is 3.30. The number of alkyl halides is 3. The Labute approximate surface area is 173 Å². The van der Waals surface area contributed by atoms with Gasteiger partial charge in [0.05, 0.1) is 6.54 Å². The smallest absolute Gasteiger partial charge is 0.360 e. The molecule has 2 aromatic heterocycles. The first-order chi connectivity index (χ1) is 14.5. The minimum Gasteiger partial charge on any atom is -0.360 e. The van der Waals surface area contributed by atoms with Crippen molar-refractivity contribution in [3.8, 4) is 0 Å². The minimum atomic E-state index is -4.60. The normalized spacial score (nSPS) is 15.1. The summed E-state index contributed by atoms with van der Waals surface area (Å²) in [6.07, 6.45) is -4.35. The van der Waals surface area contributed by atoms with Gasteiger partial charge in [0, 0.05) is 29.4 Å². The number of hydrogen-bond acceptors (Lipinski definition) is 4. The molecule has 0 aliphatic carbocycles. The highest BCUT2D eigenvalue weighted by Crippen LogP contribution is 2.27. The molecule has 1 aromatic carbocycles. The molecule has 0 radical (unpaired) electrons. The van der Waals surface area contributed by atoms with Gasteiger partial charge in [0.2, 0.25) is 0 Å². The molecule has 0 spiro atoms. The van der Waals surface area contributed by atoms with E-state index in [0.717, 1.165) is 6.92 Å². The van der Waals surface area contributed by atoms with Gasteiger partial charge in [-0.15, -0.1) is 0 Å². The van der Waals surface area contributed by atoms with E-state index in [1.807, 2.05) is 5.32 Å². The van der Waals surface area contributed by atoms with E-state index >= 15 is 0 Å². The van der Waals surface area contributed by atoms with Gasteiger partial charge >= 0.3 is 6.18 Å². The van der Waals surface area contributed by atoms with Crippen LogP contribution in [0.1, 0.15) is 44.8 Å². The second-order valence-electron chi connectivity index (χ2n) is 7.51. The van der Waals surface area contributed by atoms with Crippen molar-refractivity contribution >= 4 is 22.7 Å². The number of benzene rings is 1. The third-order valence-corrected chi connectivity index (χ3v) is 5.31. The molecule has 3 heterocycles. The van der Waals surface area contributed by atoms with E-state index in [4.69, 9.17) is 4.52 Å². The van der Waals surface area contributed by atoms with Crippen LogP contribution in [0.15, 0.2) is 22.7 Å². The monoisotopic (exact) mass is 438 g/mol. The highest BCUT2D eigenvalue weighted by atomic mass is 19.4. The molecule has 0 saturated heterocycles. The van der Waals surface area contributed by atoms with Crippen LogP contribution >= 0.6 is 0 Å². The lowest BCUT2D eigenvalue weighted by Gasteiger charge is -2.26. The zero-order chi connectivity index (χ0) is 22.5. The van der Waals surface area contributed by atoms with Crippen LogP contribution in [0.5, 0.6) is 0 Å². The summed E-state index contributed by atoms with van der Waals surface area (Å²) in [6, 6.07) is 2.21. The summed E-state index contributed by atoms with van der Waals surface area (Å²) in [5.74, 6) is -1.50. The second-order valence-corrected chi connectivity index (χ2v) is 7.51. The third kappa shape index (κ3) is 3.87. The summed E-state index contributed by atoms with van der Waals surface area (Å²) >= 11 is 0. The molecule has 7 nitrogen and oxygen atoms in total. The van der Waals surface area contributed by atoms with Crippen molar-refractivity contribution in [1.29, 1.82) is 0 Å². The lowest BCUT2D eigenvalue weighted by Crippen LogP contribution is -2.44. The fourth-order valence-electron chi connectivity index (χ4n) is 3.57. The molecule has 1 aliphatic rings. The Hall–Kier alpha value is -3.37. The van der Waals surface area contributed by atoms with E-state index in [9.17, 15) is 27.2 Å². The number of aryl methyl sites for hydroxylation is 1. The highest BCUT2D eigenvalue weighted by molar-refractivity contribution is 5.99. The SMILES string of the molecule is Cc1cc(F)cc2[nH]c(C(=O)N3CCc4onc(C(=O)NC(C)C(F)(F)F)c4C3)cc12. The van der Waals surface area contributed by atoms with Gasteiger partial charge in [0.15, 0.2) is 5.69 Å². The van der Waals surface area contributed by atoms with Crippen molar-refractivity contribution in [1.82, 2.24) is 20.4 Å². The second kappa shape index (κ2) is 7.40. The maximum Gasteiger partial charge on any atom is 0.408 e. The highest BCUT2D eigenvalue weighted by Gasteiger charge is 2.38. The molecule has 0 bridgehead atoms. The van der Waals surface area contributed by atoms with E-state index in [2.05, 4.69) is 10.1 Å². The summed E-state index contributed by atoms with van der Waals surface area (Å²) in [5.41, 5.74) is 1.37. The van der Waals surface area contributed by atoms with Crippen molar-refractivity contribution in [2.24, 2.45) is 0 Å². The number of H-pyrrole nitrogens is 1. The molecular formula is C20H18F4N4O3. The summed E-state index contributed by atoms with van der Waals surface area (Å²) in [5, 5.41) is 6.16. The fourth-order valence-corrected chi connectivity index (χ4v) is 3.57. The minimum absolute atomic E-state index is 0.0521. The first-order valence-corrected chi connectivity index (χ1v) is 9.47. The van der Waals surface area contributed by atoms with Crippen molar-refractivity contribution in [2.45, 2.75) is 39.0 Å². The van der Waals surface area contributed by atoms with Gasteiger partial charge < -0.3 is 19.7 Å². The number of nitrogens with one attached hydrogen (secondary N) is 2. The first kappa shape index (κ1) is 20.9. The van der Waals surface area contributed by atoms with Crippen LogP contribution in [-0.4, -0.2) is 45.6 Å². The molecule has 2 amide bonds. The number of halogens is 4. The maximum atomic E-state index is 13.6. The number of hydrogen-bond donors (Lipinski definition) is 2. The predicted octanol–water partition coefficient (Wildman–Crippen LogP) is 3.48. The molecular weight excluding hydrogens is 420 g/mol. The Kier molecular flexibility index (Phi) is 4.98. The predicted molar refractivity (Wildman–Crippen MR) is 101 cm³/mol. The number of fused-ring (bicyclic) bond motifs is 2. The molecule has 1 unspecified atom stereocenters. The lowest BCUT2D eigenvalue weighted by atomic mass is 10.0. The number of rotatable bonds is 3. The Morgan fingerprint density at radius 1 is 1.29 bits per heavy atom. The van der Waals surface area contributed by atoms with Gasteiger partial charge in [0.25, 0.3) is 11.8 Å². The maximum absolute atomic E-state index is 13.6. The molecule has 11 heteroatoms. The van der Waals surface area contributed by atoms with Crippen LogP contribution in [0.4, 0.5) is 17.6 Å². The van der Waals surface area contributed by atoms with Crippen LogP contribution in [0, 0.1) is 12.7 Å². The summed E-state index contributed by atoms with van der Waals surface area (Å²) in [6.45, 7) is 2.76. The molecule has 0 saturated carbocycles. The number of aromatic nitrogens is 2. The Bertz CT molecular complexity index is 1180. The summed E-state index contributed by atoms with van der Waals surface area (Å²) < 4.78 is 57.0. The van der Waals surface area contributed by atoms with Gasteiger partial charge in [-0.25, -0.2) is 4.39 Å². The van der Waals surface area contributed by atoms with Crippen molar-refractivity contribution in [2.75, 3.05) is 6.54 Å². The molecule has 164 valence electrons. The quantitative estimate of drug-likeness (QED) is 0.613. The number of aromatic amines is 1. The van der Waals surface area contributed by atoms with Crippen LogP contribution in [-0.2, 0) is 13.0 Å². The molecule has 4 rings (SSSR count). The van der Waals surface area contributed by atoms with Crippen LogP contribution in [0.25, 0.3) is 10.9 Å². The van der Waals surface area contributed by atoms with Crippen LogP contribution in [0.2, 0.25) is 0 Å². The summed E-state index contributed by atoms with van der Waals surface area (Å²) in [4.78, 5) is 29.6. The number of carbonyl (C=O) groups is 2. The van der Waals surface area contributed by atoms with E-state index < -0.39 is 29.8 Å². The van der Waals surface area contributed by atoms with E-state index in [1.54, 1.807) is 13.0 Å². The molecule has 0 fully saturated rings. The fraction of sp³-hybridized carbons (Fsp3) is 0.350. The van der Waals surface area contributed by atoms with Gasteiger partial charge in [-0.05, 0) is 37.6 Å². The average molecular weight is 438 g/mol. The zero-order valence-corrected chi connectivity index (χ0v) is 16.6. The molecule has 1 aliphatic heterocycles. The van der Waals surface area contributed by atoms with Crippen LogP contribution in [0.3, 0.4) is 0 Å². The Morgan fingerprint density at radius 2 is 2.03 bits per heavy atom. The standard InChI is InChI=1S/C20H18F4N4O3/c1-9-5-11(21)6-14-12(9)7-15(26-14)19(30)28-4-3-16-13(8-28)17(27-31-16)18(29)25-10(2)20(22,23)24/h5-7,10,26H,3-4,8H2,1-2H3,(H,25,29). The van der Waals surface area contributed by atoms with Crippen molar-refractivity contribution in [3.63, 3.8) is 0 Å². The van der Waals surface area contributed by atoms with E-state index in [1.165, 1.54) is 17.0 Å². The lowest BCUT2D eigenvalue weighted by molar-refractivity contribution is -0.149. The number of carbonyl (C=O) groups excluding carboxylic acids is 2. The molecule has 1 atom stereocenters. The zero-order valence-electron chi connectivity index (χ0n) is 16.6.